The molecule has 2 N–H and O–H groups in total. The number of aliphatic hydroxyl groups excluding tert-OH is 1. The Kier molecular flexibility index (Phi) is 3.19. The van der Waals surface area contributed by atoms with Gasteiger partial charge < -0.3 is 15.3 Å². The van der Waals surface area contributed by atoms with Gasteiger partial charge in [-0.05, 0) is 38.3 Å². The van der Waals surface area contributed by atoms with Gasteiger partial charge >= 0.3 is 0 Å². The zero-order valence-corrected chi connectivity index (χ0v) is 8.21. The predicted octanol–water partition coefficient (Wildman–Crippen LogP) is 0.0526. The second-order valence-electron chi connectivity index (χ2n) is 4.30. The lowest BCUT2D eigenvalue weighted by Gasteiger charge is -2.15. The SMILES string of the molecule is OCCCCN1C[C@@H]2CCN[C@@H]2C1. The molecule has 0 saturated carbocycles. The van der Waals surface area contributed by atoms with Crippen LogP contribution in [0.4, 0.5) is 0 Å². The smallest absolute Gasteiger partial charge is 0.0431 e. The average Bonchev–Trinajstić information content (AvgIpc) is 2.64. The van der Waals surface area contributed by atoms with E-state index in [1.165, 1.54) is 32.6 Å². The van der Waals surface area contributed by atoms with E-state index in [1.54, 1.807) is 0 Å². The van der Waals surface area contributed by atoms with Crippen molar-refractivity contribution in [3.8, 4) is 0 Å². The number of fused-ring (bicyclic) bond motifs is 1. The van der Waals surface area contributed by atoms with Crippen LogP contribution in [0.2, 0.25) is 0 Å². The van der Waals surface area contributed by atoms with E-state index in [4.69, 9.17) is 5.11 Å². The van der Waals surface area contributed by atoms with Gasteiger partial charge in [0.1, 0.15) is 0 Å². The van der Waals surface area contributed by atoms with Crippen LogP contribution in [0.15, 0.2) is 0 Å². The first-order chi connectivity index (χ1) is 6.40. The van der Waals surface area contributed by atoms with Gasteiger partial charge in [0.05, 0.1) is 0 Å². The van der Waals surface area contributed by atoms with Gasteiger partial charge in [0.25, 0.3) is 0 Å². The van der Waals surface area contributed by atoms with E-state index in [0.717, 1.165) is 24.8 Å². The van der Waals surface area contributed by atoms with E-state index in [2.05, 4.69) is 10.2 Å². The van der Waals surface area contributed by atoms with Gasteiger partial charge in [0, 0.05) is 25.7 Å². The molecule has 0 aliphatic carbocycles. The number of likely N-dealkylation sites (tertiary alicyclic amines) is 1. The van der Waals surface area contributed by atoms with Crippen molar-refractivity contribution >= 4 is 0 Å². The van der Waals surface area contributed by atoms with E-state index in [-0.39, 0.29) is 0 Å². The van der Waals surface area contributed by atoms with E-state index in [0.29, 0.717) is 6.61 Å². The number of hydrogen-bond acceptors (Lipinski definition) is 3. The maximum atomic E-state index is 8.67. The molecule has 0 aromatic rings. The molecule has 2 aliphatic rings. The Morgan fingerprint density at radius 2 is 2.23 bits per heavy atom. The highest BCUT2D eigenvalue weighted by atomic mass is 16.2. The normalized spacial score (nSPS) is 33.9. The Morgan fingerprint density at radius 1 is 1.31 bits per heavy atom. The second-order valence-corrected chi connectivity index (χ2v) is 4.30. The zero-order chi connectivity index (χ0) is 9.10. The maximum absolute atomic E-state index is 8.67. The summed E-state index contributed by atoms with van der Waals surface area (Å²) >= 11 is 0. The summed E-state index contributed by atoms with van der Waals surface area (Å²) in [7, 11) is 0. The Balaban J connectivity index is 1.67. The fraction of sp³-hybridized carbons (Fsp3) is 1.00. The summed E-state index contributed by atoms with van der Waals surface area (Å²) in [6, 6.07) is 0.772. The van der Waals surface area contributed by atoms with Gasteiger partial charge in [-0.2, -0.15) is 0 Å². The molecule has 3 heteroatoms. The van der Waals surface area contributed by atoms with Crippen LogP contribution < -0.4 is 5.32 Å². The molecule has 0 unspecified atom stereocenters. The molecule has 0 bridgehead atoms. The van der Waals surface area contributed by atoms with Crippen molar-refractivity contribution in [2.75, 3.05) is 32.8 Å². The standard InChI is InChI=1S/C10H20N2O/c13-6-2-1-5-12-7-9-3-4-11-10(9)8-12/h9-11,13H,1-8H2/t9-,10+/m0/s1. The summed E-state index contributed by atoms with van der Waals surface area (Å²) in [4.78, 5) is 2.54. The van der Waals surface area contributed by atoms with Crippen molar-refractivity contribution in [1.82, 2.24) is 10.2 Å². The van der Waals surface area contributed by atoms with Crippen molar-refractivity contribution in [1.29, 1.82) is 0 Å². The van der Waals surface area contributed by atoms with Crippen LogP contribution in [-0.4, -0.2) is 48.8 Å². The Hall–Kier alpha value is -0.120. The van der Waals surface area contributed by atoms with Crippen LogP contribution in [0, 0.1) is 5.92 Å². The Labute approximate surface area is 80.1 Å². The van der Waals surface area contributed by atoms with Gasteiger partial charge in [0.15, 0.2) is 0 Å². The van der Waals surface area contributed by atoms with Gasteiger partial charge in [-0.1, -0.05) is 0 Å². The molecule has 0 amide bonds. The average molecular weight is 184 g/mol. The first kappa shape index (κ1) is 9.44. The van der Waals surface area contributed by atoms with E-state index in [1.807, 2.05) is 0 Å². The molecule has 0 spiro atoms. The van der Waals surface area contributed by atoms with Gasteiger partial charge in [-0.3, -0.25) is 0 Å². The van der Waals surface area contributed by atoms with E-state index in [9.17, 15) is 0 Å². The summed E-state index contributed by atoms with van der Waals surface area (Å²) < 4.78 is 0. The predicted molar refractivity (Wildman–Crippen MR) is 52.7 cm³/mol. The Bertz CT molecular complexity index is 151. The monoisotopic (exact) mass is 184 g/mol. The highest BCUT2D eigenvalue weighted by molar-refractivity contribution is 4.93. The number of nitrogens with one attached hydrogen (secondary N) is 1. The lowest BCUT2D eigenvalue weighted by atomic mass is 10.1. The number of hydrogen-bond donors (Lipinski definition) is 2. The lowest BCUT2D eigenvalue weighted by molar-refractivity contribution is 0.258. The molecule has 0 radical (unpaired) electrons. The molecule has 2 rings (SSSR count). The van der Waals surface area contributed by atoms with Crippen molar-refractivity contribution in [2.24, 2.45) is 5.92 Å². The van der Waals surface area contributed by atoms with Crippen molar-refractivity contribution in [2.45, 2.75) is 25.3 Å². The van der Waals surface area contributed by atoms with Gasteiger partial charge in [-0.25, -0.2) is 0 Å². The molecule has 2 heterocycles. The number of nitrogens with zero attached hydrogens (tertiary/aromatic N) is 1. The minimum Gasteiger partial charge on any atom is -0.396 e. The topological polar surface area (TPSA) is 35.5 Å². The van der Waals surface area contributed by atoms with Crippen molar-refractivity contribution in [3.05, 3.63) is 0 Å². The van der Waals surface area contributed by atoms with Crippen LogP contribution >= 0.6 is 0 Å². The van der Waals surface area contributed by atoms with E-state index >= 15 is 0 Å². The first-order valence-electron chi connectivity index (χ1n) is 5.47. The first-order valence-corrected chi connectivity index (χ1v) is 5.47. The molecule has 2 saturated heterocycles. The van der Waals surface area contributed by atoms with Crippen LogP contribution in [0.25, 0.3) is 0 Å². The summed E-state index contributed by atoms with van der Waals surface area (Å²) in [5, 5.41) is 12.2. The molecular formula is C10H20N2O. The van der Waals surface area contributed by atoms with Crippen LogP contribution in [0.1, 0.15) is 19.3 Å². The molecule has 13 heavy (non-hydrogen) atoms. The van der Waals surface area contributed by atoms with Gasteiger partial charge in [-0.15, -0.1) is 0 Å². The highest BCUT2D eigenvalue weighted by Gasteiger charge is 2.35. The summed E-state index contributed by atoms with van der Waals surface area (Å²) in [6.45, 7) is 5.26. The largest absolute Gasteiger partial charge is 0.396 e. The molecule has 2 atom stereocenters. The van der Waals surface area contributed by atoms with Crippen LogP contribution in [0.3, 0.4) is 0 Å². The summed E-state index contributed by atoms with van der Waals surface area (Å²) in [5.74, 6) is 0.911. The second kappa shape index (κ2) is 4.40. The zero-order valence-electron chi connectivity index (χ0n) is 8.21. The fourth-order valence-electron chi connectivity index (χ4n) is 2.57. The van der Waals surface area contributed by atoms with Crippen molar-refractivity contribution in [3.63, 3.8) is 0 Å². The van der Waals surface area contributed by atoms with Gasteiger partial charge in [0.2, 0.25) is 0 Å². The number of rotatable bonds is 4. The molecular weight excluding hydrogens is 164 g/mol. The third-order valence-corrected chi connectivity index (χ3v) is 3.32. The van der Waals surface area contributed by atoms with Crippen LogP contribution in [0.5, 0.6) is 0 Å². The fourth-order valence-corrected chi connectivity index (χ4v) is 2.57. The lowest BCUT2D eigenvalue weighted by Crippen LogP contribution is -2.30. The third kappa shape index (κ3) is 2.22. The Morgan fingerprint density at radius 3 is 3.00 bits per heavy atom. The number of unbranched alkanes of at least 4 members (excludes halogenated alkanes) is 1. The summed E-state index contributed by atoms with van der Waals surface area (Å²) in [6.07, 6.45) is 3.47. The number of aliphatic hydroxyl groups is 1. The van der Waals surface area contributed by atoms with E-state index < -0.39 is 0 Å². The molecule has 3 nitrogen and oxygen atoms in total. The van der Waals surface area contributed by atoms with Crippen molar-refractivity contribution < 1.29 is 5.11 Å². The molecule has 2 aliphatic heterocycles. The van der Waals surface area contributed by atoms with Crippen LogP contribution in [-0.2, 0) is 0 Å². The minimum atomic E-state index is 0.346. The molecule has 76 valence electrons. The quantitative estimate of drug-likeness (QED) is 0.606. The molecule has 0 aromatic heterocycles. The maximum Gasteiger partial charge on any atom is 0.0431 e. The molecule has 2 fully saturated rings. The third-order valence-electron chi connectivity index (χ3n) is 3.32. The molecule has 0 aromatic carbocycles. The minimum absolute atomic E-state index is 0.346. The summed E-state index contributed by atoms with van der Waals surface area (Å²) in [5.41, 5.74) is 0. The highest BCUT2D eigenvalue weighted by Crippen LogP contribution is 2.24.